The largest absolute Gasteiger partial charge is 0.370 e. The van der Waals surface area contributed by atoms with Gasteiger partial charge in [0.25, 0.3) is 0 Å². The van der Waals surface area contributed by atoms with Gasteiger partial charge < -0.3 is 15.5 Å². The number of amides is 1. The van der Waals surface area contributed by atoms with Crippen molar-refractivity contribution in [3.63, 3.8) is 0 Å². The van der Waals surface area contributed by atoms with Gasteiger partial charge in [-0.3, -0.25) is 4.79 Å². The van der Waals surface area contributed by atoms with Gasteiger partial charge in [-0.2, -0.15) is 0 Å². The molecule has 0 spiro atoms. The third kappa shape index (κ3) is 2.94. The summed E-state index contributed by atoms with van der Waals surface area (Å²) >= 11 is 3.65. The molecule has 0 saturated heterocycles. The SMILES string of the molecule is CNC1C(=O)Nc2cc(N(C)C(C)C(C)(C)C)c(Br)cc21. The maximum Gasteiger partial charge on any atom is 0.246 e. The van der Waals surface area contributed by atoms with Gasteiger partial charge >= 0.3 is 0 Å². The van der Waals surface area contributed by atoms with Gasteiger partial charge in [-0.05, 0) is 47.4 Å². The number of nitrogens with one attached hydrogen (secondary N) is 2. The molecule has 4 nitrogen and oxygen atoms in total. The molecule has 0 fully saturated rings. The van der Waals surface area contributed by atoms with Gasteiger partial charge in [0.1, 0.15) is 6.04 Å². The molecule has 0 aromatic heterocycles. The Bertz CT molecular complexity index is 565. The zero-order valence-electron chi connectivity index (χ0n) is 13.5. The third-order valence-corrected chi connectivity index (χ3v) is 5.09. The summed E-state index contributed by atoms with van der Waals surface area (Å²) in [5.74, 6) is 0.00285. The Labute approximate surface area is 135 Å². The molecule has 1 aromatic carbocycles. The maximum atomic E-state index is 11.9. The lowest BCUT2D eigenvalue weighted by Crippen LogP contribution is -2.39. The molecule has 1 heterocycles. The van der Waals surface area contributed by atoms with Gasteiger partial charge in [0.05, 0.1) is 5.69 Å². The zero-order chi connectivity index (χ0) is 15.9. The van der Waals surface area contributed by atoms with Crippen LogP contribution in [0, 0.1) is 5.41 Å². The van der Waals surface area contributed by atoms with Crippen LogP contribution in [0.1, 0.15) is 39.3 Å². The van der Waals surface area contributed by atoms with Crippen molar-refractivity contribution in [1.82, 2.24) is 5.32 Å². The monoisotopic (exact) mass is 353 g/mol. The molecule has 1 aliphatic rings. The first-order valence-corrected chi connectivity index (χ1v) is 8.00. The average Bonchev–Trinajstić information content (AvgIpc) is 2.69. The highest BCUT2D eigenvalue weighted by Crippen LogP contribution is 2.40. The van der Waals surface area contributed by atoms with Gasteiger partial charge in [-0.15, -0.1) is 0 Å². The predicted octanol–water partition coefficient (Wildman–Crippen LogP) is 3.53. The van der Waals surface area contributed by atoms with Gasteiger partial charge in [-0.25, -0.2) is 0 Å². The summed E-state index contributed by atoms with van der Waals surface area (Å²) in [6, 6.07) is 4.19. The number of likely N-dealkylation sites (N-methyl/N-ethyl adjacent to an activating group) is 1. The van der Waals surface area contributed by atoms with E-state index in [1.54, 1.807) is 7.05 Å². The van der Waals surface area contributed by atoms with Crippen LogP contribution in [0.15, 0.2) is 16.6 Å². The standard InChI is InChI=1S/C16H24BrN3O/c1-9(16(2,3)4)20(6)13-8-12-10(7-11(13)17)14(18-5)15(21)19-12/h7-9,14,18H,1-6H3,(H,19,21). The topological polar surface area (TPSA) is 44.4 Å². The van der Waals surface area contributed by atoms with Crippen molar-refractivity contribution in [2.75, 3.05) is 24.3 Å². The molecule has 0 bridgehead atoms. The van der Waals surface area contributed by atoms with Gasteiger partial charge in [-0.1, -0.05) is 20.8 Å². The van der Waals surface area contributed by atoms with Crippen LogP contribution in [0.2, 0.25) is 0 Å². The molecule has 1 amide bonds. The second-order valence-electron chi connectivity index (χ2n) is 6.75. The highest BCUT2D eigenvalue weighted by atomic mass is 79.9. The summed E-state index contributed by atoms with van der Waals surface area (Å²) in [6.45, 7) is 8.91. The molecule has 21 heavy (non-hydrogen) atoms. The van der Waals surface area contributed by atoms with Crippen LogP contribution in [0.4, 0.5) is 11.4 Å². The number of benzene rings is 1. The highest BCUT2D eigenvalue weighted by molar-refractivity contribution is 9.10. The van der Waals surface area contributed by atoms with Crippen molar-refractivity contribution < 1.29 is 4.79 Å². The number of nitrogens with zero attached hydrogens (tertiary/aromatic N) is 1. The number of hydrogen-bond donors (Lipinski definition) is 2. The van der Waals surface area contributed by atoms with Crippen molar-refractivity contribution in [2.24, 2.45) is 5.41 Å². The summed E-state index contributed by atoms with van der Waals surface area (Å²) in [5, 5.41) is 6.00. The number of carbonyl (C=O) groups is 1. The van der Waals surface area contributed by atoms with Crippen LogP contribution >= 0.6 is 15.9 Å². The van der Waals surface area contributed by atoms with E-state index in [1.807, 2.05) is 6.07 Å². The Kier molecular flexibility index (Phi) is 4.36. The first-order valence-electron chi connectivity index (χ1n) is 7.21. The molecule has 2 N–H and O–H groups in total. The summed E-state index contributed by atoms with van der Waals surface area (Å²) in [6.07, 6.45) is 0. The zero-order valence-corrected chi connectivity index (χ0v) is 15.1. The summed E-state index contributed by atoms with van der Waals surface area (Å²) < 4.78 is 1.01. The van der Waals surface area contributed by atoms with Crippen molar-refractivity contribution in [3.8, 4) is 0 Å². The van der Waals surface area contributed by atoms with E-state index in [4.69, 9.17) is 0 Å². The minimum Gasteiger partial charge on any atom is -0.370 e. The number of halogens is 1. The van der Waals surface area contributed by atoms with E-state index >= 15 is 0 Å². The second kappa shape index (κ2) is 5.61. The number of hydrogen-bond acceptors (Lipinski definition) is 3. The lowest BCUT2D eigenvalue weighted by atomic mass is 9.87. The van der Waals surface area contributed by atoms with Crippen LogP contribution in [-0.4, -0.2) is 26.0 Å². The average molecular weight is 354 g/mol. The van der Waals surface area contributed by atoms with Gasteiger partial charge in [0.15, 0.2) is 0 Å². The lowest BCUT2D eigenvalue weighted by molar-refractivity contribution is -0.117. The lowest BCUT2D eigenvalue weighted by Gasteiger charge is -2.37. The molecule has 1 aliphatic heterocycles. The molecule has 2 rings (SSSR count). The van der Waals surface area contributed by atoms with E-state index in [0.29, 0.717) is 6.04 Å². The fraction of sp³-hybridized carbons (Fsp3) is 0.562. The normalized spacial score (nSPS) is 19.2. The first-order chi connectivity index (χ1) is 9.66. The van der Waals surface area contributed by atoms with E-state index in [-0.39, 0.29) is 17.4 Å². The molecule has 0 aliphatic carbocycles. The molecule has 5 heteroatoms. The molecule has 2 atom stereocenters. The van der Waals surface area contributed by atoms with Crippen LogP contribution < -0.4 is 15.5 Å². The van der Waals surface area contributed by atoms with E-state index in [1.165, 1.54) is 0 Å². The summed E-state index contributed by atoms with van der Waals surface area (Å²) in [4.78, 5) is 14.2. The van der Waals surface area contributed by atoms with E-state index in [2.05, 4.69) is 72.3 Å². The fourth-order valence-electron chi connectivity index (χ4n) is 2.62. The molecule has 0 radical (unpaired) electrons. The second-order valence-corrected chi connectivity index (χ2v) is 7.61. The molecular weight excluding hydrogens is 330 g/mol. The summed E-state index contributed by atoms with van der Waals surface area (Å²) in [5.41, 5.74) is 3.15. The minimum atomic E-state index is -0.268. The minimum absolute atomic E-state index is 0.00285. The highest BCUT2D eigenvalue weighted by Gasteiger charge is 2.32. The summed E-state index contributed by atoms with van der Waals surface area (Å²) in [7, 11) is 3.89. The van der Waals surface area contributed by atoms with Gasteiger partial charge in [0.2, 0.25) is 5.91 Å². The van der Waals surface area contributed by atoms with E-state index in [9.17, 15) is 4.79 Å². The number of anilines is 2. The van der Waals surface area contributed by atoms with Crippen LogP contribution in [0.25, 0.3) is 0 Å². The van der Waals surface area contributed by atoms with Crippen LogP contribution in [-0.2, 0) is 4.79 Å². The van der Waals surface area contributed by atoms with Crippen LogP contribution in [0.3, 0.4) is 0 Å². The first kappa shape index (κ1) is 16.3. The predicted molar refractivity (Wildman–Crippen MR) is 91.9 cm³/mol. The molecule has 2 unspecified atom stereocenters. The van der Waals surface area contributed by atoms with E-state index < -0.39 is 0 Å². The van der Waals surface area contributed by atoms with Crippen molar-refractivity contribution in [3.05, 3.63) is 22.2 Å². The van der Waals surface area contributed by atoms with Crippen molar-refractivity contribution >= 4 is 33.2 Å². The molecule has 1 aromatic rings. The Morgan fingerprint density at radius 3 is 2.52 bits per heavy atom. The van der Waals surface area contributed by atoms with Crippen LogP contribution in [0.5, 0.6) is 0 Å². The number of carbonyl (C=O) groups excluding carboxylic acids is 1. The molecular formula is C16H24BrN3O. The van der Waals surface area contributed by atoms with Crippen molar-refractivity contribution in [2.45, 2.75) is 39.8 Å². The molecule has 0 saturated carbocycles. The molecule has 116 valence electrons. The number of rotatable bonds is 3. The Morgan fingerprint density at radius 2 is 2.00 bits per heavy atom. The Morgan fingerprint density at radius 1 is 1.38 bits per heavy atom. The quantitative estimate of drug-likeness (QED) is 0.873. The smallest absolute Gasteiger partial charge is 0.246 e. The van der Waals surface area contributed by atoms with E-state index in [0.717, 1.165) is 21.4 Å². The number of fused-ring (bicyclic) bond motifs is 1. The van der Waals surface area contributed by atoms with Gasteiger partial charge in [0, 0.05) is 28.8 Å². The Balaban J connectivity index is 2.41. The maximum absolute atomic E-state index is 11.9. The third-order valence-electron chi connectivity index (χ3n) is 4.45. The Hall–Kier alpha value is -1.07. The fourth-order valence-corrected chi connectivity index (χ4v) is 3.26. The van der Waals surface area contributed by atoms with Crippen molar-refractivity contribution in [1.29, 1.82) is 0 Å².